The van der Waals surface area contributed by atoms with E-state index in [-0.39, 0.29) is 5.04 Å². The number of benzene rings is 1. The minimum Gasteiger partial charge on any atom is -0.410 e. The highest BCUT2D eigenvalue weighted by atomic mass is 28.4. The summed E-state index contributed by atoms with van der Waals surface area (Å²) in [6.45, 7) is 11.9. The van der Waals surface area contributed by atoms with E-state index in [1.165, 1.54) is 24.8 Å². The third-order valence-electron chi connectivity index (χ3n) is 7.22. The van der Waals surface area contributed by atoms with Gasteiger partial charge in [-0.1, -0.05) is 45.0 Å². The number of fused-ring (bicyclic) bond motifs is 7. The van der Waals surface area contributed by atoms with Gasteiger partial charge in [0.15, 0.2) is 8.32 Å². The van der Waals surface area contributed by atoms with Crippen molar-refractivity contribution in [2.45, 2.75) is 70.2 Å². The van der Waals surface area contributed by atoms with Gasteiger partial charge in [0.25, 0.3) is 0 Å². The molecule has 1 aromatic carbocycles. The Labute approximate surface area is 136 Å². The fourth-order valence-corrected chi connectivity index (χ4v) is 6.42. The van der Waals surface area contributed by atoms with E-state index in [1.54, 1.807) is 5.56 Å². The van der Waals surface area contributed by atoms with Gasteiger partial charge in [-0.05, 0) is 72.2 Å². The predicted molar refractivity (Wildman–Crippen MR) is 94.5 cm³/mol. The van der Waals surface area contributed by atoms with Crippen LogP contribution in [0.1, 0.15) is 63.2 Å². The second kappa shape index (κ2) is 4.70. The van der Waals surface area contributed by atoms with Crippen LogP contribution < -0.4 is 0 Å². The SMILES string of the molecule is CC(C)(C)[Si](C)(C)O[C@H]1c2ccccc2C2[C@H]3CCC(C3)[C@H]21. The Morgan fingerprint density at radius 3 is 2.32 bits per heavy atom. The Morgan fingerprint density at radius 2 is 1.64 bits per heavy atom. The van der Waals surface area contributed by atoms with Crippen molar-refractivity contribution in [3.05, 3.63) is 35.4 Å². The average Bonchev–Trinajstić information content (AvgIpc) is 3.10. The summed E-state index contributed by atoms with van der Waals surface area (Å²) >= 11 is 0. The quantitative estimate of drug-likeness (QED) is 0.618. The zero-order chi connectivity index (χ0) is 15.7. The van der Waals surface area contributed by atoms with Crippen LogP contribution in [-0.2, 0) is 4.43 Å². The lowest BCUT2D eigenvalue weighted by Gasteiger charge is -2.41. The van der Waals surface area contributed by atoms with E-state index in [0.29, 0.717) is 6.10 Å². The Morgan fingerprint density at radius 1 is 1.00 bits per heavy atom. The largest absolute Gasteiger partial charge is 0.410 e. The van der Waals surface area contributed by atoms with Crippen LogP contribution in [0.5, 0.6) is 0 Å². The standard InChI is InChI=1S/C20H30OSi/c1-20(2,3)22(4,5)21-19-16-9-7-6-8-15(16)17-13-10-11-14(12-13)18(17)19/h6-9,13-14,17-19H,10-12H2,1-5H3/t13-,14?,17?,18+,19-/m0/s1. The Balaban J connectivity index is 1.73. The molecular weight excluding hydrogens is 284 g/mol. The van der Waals surface area contributed by atoms with Crippen molar-refractivity contribution in [3.8, 4) is 0 Å². The first kappa shape index (κ1) is 15.0. The molecule has 0 spiro atoms. The summed E-state index contributed by atoms with van der Waals surface area (Å²) in [6, 6.07) is 9.19. The molecule has 5 atom stereocenters. The fourth-order valence-electron chi connectivity index (χ4n) is 5.15. The molecule has 0 aliphatic heterocycles. The average molecular weight is 315 g/mol. The van der Waals surface area contributed by atoms with Gasteiger partial charge in [0.2, 0.25) is 0 Å². The second-order valence-corrected chi connectivity index (χ2v) is 14.1. The van der Waals surface area contributed by atoms with Gasteiger partial charge < -0.3 is 4.43 Å². The van der Waals surface area contributed by atoms with Crippen molar-refractivity contribution in [2.75, 3.05) is 0 Å². The number of hydrogen-bond donors (Lipinski definition) is 0. The molecule has 0 aromatic heterocycles. The Kier molecular flexibility index (Phi) is 3.20. The Bertz CT molecular complexity index is 586. The summed E-state index contributed by atoms with van der Waals surface area (Å²) in [5.74, 6) is 3.41. The first-order chi connectivity index (χ1) is 10.3. The zero-order valence-corrected chi connectivity index (χ0v) is 15.7. The van der Waals surface area contributed by atoms with Crippen molar-refractivity contribution in [1.82, 2.24) is 0 Å². The molecule has 1 nitrogen and oxygen atoms in total. The minimum absolute atomic E-state index is 0.289. The van der Waals surface area contributed by atoms with E-state index < -0.39 is 8.32 Å². The first-order valence-corrected chi connectivity index (χ1v) is 12.0. The molecule has 3 aliphatic rings. The maximum absolute atomic E-state index is 7.00. The van der Waals surface area contributed by atoms with Gasteiger partial charge in [0, 0.05) is 0 Å². The molecule has 2 saturated carbocycles. The molecule has 0 heterocycles. The van der Waals surface area contributed by atoms with Gasteiger partial charge >= 0.3 is 0 Å². The van der Waals surface area contributed by atoms with Crippen molar-refractivity contribution < 1.29 is 4.43 Å². The summed E-state index contributed by atoms with van der Waals surface area (Å²) < 4.78 is 7.00. The highest BCUT2D eigenvalue weighted by Crippen LogP contribution is 2.66. The van der Waals surface area contributed by atoms with Crippen molar-refractivity contribution in [1.29, 1.82) is 0 Å². The number of hydrogen-bond acceptors (Lipinski definition) is 1. The van der Waals surface area contributed by atoms with E-state index in [2.05, 4.69) is 58.1 Å². The summed E-state index contributed by atoms with van der Waals surface area (Å²) in [4.78, 5) is 0. The maximum atomic E-state index is 7.00. The summed E-state index contributed by atoms with van der Waals surface area (Å²) in [5.41, 5.74) is 3.15. The zero-order valence-electron chi connectivity index (χ0n) is 14.7. The van der Waals surface area contributed by atoms with E-state index >= 15 is 0 Å². The molecule has 1 aromatic rings. The molecule has 22 heavy (non-hydrogen) atoms. The molecule has 0 N–H and O–H groups in total. The van der Waals surface area contributed by atoms with Crippen LogP contribution in [0.25, 0.3) is 0 Å². The molecule has 0 radical (unpaired) electrons. The van der Waals surface area contributed by atoms with Gasteiger partial charge in [-0.25, -0.2) is 0 Å². The monoisotopic (exact) mass is 314 g/mol. The highest BCUT2D eigenvalue weighted by Gasteiger charge is 2.57. The molecule has 2 heteroatoms. The molecule has 2 fully saturated rings. The van der Waals surface area contributed by atoms with Crippen LogP contribution in [0, 0.1) is 17.8 Å². The Hall–Kier alpha value is -0.603. The lowest BCUT2D eigenvalue weighted by Crippen LogP contribution is -2.43. The molecular formula is C20H30OSi. The smallest absolute Gasteiger partial charge is 0.192 e. The molecule has 2 unspecified atom stereocenters. The van der Waals surface area contributed by atoms with Gasteiger partial charge in [-0.3, -0.25) is 0 Å². The van der Waals surface area contributed by atoms with Crippen LogP contribution in [0.4, 0.5) is 0 Å². The minimum atomic E-state index is -1.73. The van der Waals surface area contributed by atoms with Crippen LogP contribution in [0.2, 0.25) is 18.1 Å². The van der Waals surface area contributed by atoms with Crippen LogP contribution in [0.15, 0.2) is 24.3 Å². The molecule has 0 saturated heterocycles. The third kappa shape index (κ3) is 1.99. The summed E-state index contributed by atoms with van der Waals surface area (Å²) in [6.07, 6.45) is 4.72. The molecule has 2 bridgehead atoms. The fraction of sp³-hybridized carbons (Fsp3) is 0.700. The normalized spacial score (nSPS) is 36.5. The lowest BCUT2D eigenvalue weighted by atomic mass is 9.79. The molecule has 120 valence electrons. The molecule has 3 aliphatic carbocycles. The third-order valence-corrected chi connectivity index (χ3v) is 11.7. The maximum Gasteiger partial charge on any atom is 0.192 e. The second-order valence-electron chi connectivity index (χ2n) is 9.36. The summed E-state index contributed by atoms with van der Waals surface area (Å²) in [7, 11) is -1.73. The van der Waals surface area contributed by atoms with E-state index in [9.17, 15) is 0 Å². The van der Waals surface area contributed by atoms with E-state index in [1.807, 2.05) is 0 Å². The van der Waals surface area contributed by atoms with Crippen LogP contribution in [-0.4, -0.2) is 8.32 Å². The van der Waals surface area contributed by atoms with Crippen LogP contribution in [0.3, 0.4) is 0 Å². The highest BCUT2D eigenvalue weighted by molar-refractivity contribution is 6.74. The van der Waals surface area contributed by atoms with E-state index in [0.717, 1.165) is 23.7 Å². The predicted octanol–water partition coefficient (Wildman–Crippen LogP) is 5.89. The van der Waals surface area contributed by atoms with Crippen molar-refractivity contribution in [2.24, 2.45) is 17.8 Å². The van der Waals surface area contributed by atoms with Crippen molar-refractivity contribution in [3.63, 3.8) is 0 Å². The molecule has 4 rings (SSSR count). The summed E-state index contributed by atoms with van der Waals surface area (Å²) in [5, 5.41) is 0.289. The van der Waals surface area contributed by atoms with Gasteiger partial charge in [-0.15, -0.1) is 0 Å². The van der Waals surface area contributed by atoms with Crippen molar-refractivity contribution >= 4 is 8.32 Å². The van der Waals surface area contributed by atoms with Crippen LogP contribution >= 0.6 is 0 Å². The lowest BCUT2D eigenvalue weighted by molar-refractivity contribution is 0.0890. The van der Waals surface area contributed by atoms with Gasteiger partial charge in [-0.2, -0.15) is 0 Å². The number of rotatable bonds is 2. The van der Waals surface area contributed by atoms with E-state index in [4.69, 9.17) is 4.43 Å². The topological polar surface area (TPSA) is 9.23 Å². The first-order valence-electron chi connectivity index (χ1n) is 9.06. The van der Waals surface area contributed by atoms with Gasteiger partial charge in [0.05, 0.1) is 6.10 Å². The molecule has 0 amide bonds. The van der Waals surface area contributed by atoms with Gasteiger partial charge in [0.1, 0.15) is 0 Å².